The summed E-state index contributed by atoms with van der Waals surface area (Å²) >= 11 is 6.26. The van der Waals surface area contributed by atoms with Gasteiger partial charge in [0.25, 0.3) is 0 Å². The Bertz CT molecular complexity index is 702. The molecule has 7 heteroatoms. The van der Waals surface area contributed by atoms with Crippen LogP contribution in [0, 0.1) is 0 Å². The minimum Gasteiger partial charge on any atom is -0.481 e. The maximum absolute atomic E-state index is 12.2. The van der Waals surface area contributed by atoms with Crippen molar-refractivity contribution in [1.29, 1.82) is 0 Å². The van der Waals surface area contributed by atoms with Crippen LogP contribution in [0.25, 0.3) is 0 Å². The van der Waals surface area contributed by atoms with E-state index < -0.39 is 16.0 Å². The van der Waals surface area contributed by atoms with Crippen LogP contribution >= 0.6 is 11.6 Å². The van der Waals surface area contributed by atoms with E-state index in [-0.39, 0.29) is 18.1 Å². The molecule has 1 fully saturated rings. The molecule has 23 heavy (non-hydrogen) atoms. The number of carbonyl (C=O) groups is 1. The first-order valence-electron chi connectivity index (χ1n) is 7.42. The molecule has 0 saturated carbocycles. The zero-order valence-corrected chi connectivity index (χ0v) is 14.3. The molecule has 1 atom stereocenters. The topological polar surface area (TPSA) is 74.7 Å². The number of nitrogens with zero attached hydrogens (tertiary/aromatic N) is 1. The third kappa shape index (κ3) is 4.56. The van der Waals surface area contributed by atoms with Crippen LogP contribution in [0.5, 0.6) is 0 Å². The Morgan fingerprint density at radius 3 is 2.87 bits per heavy atom. The predicted molar refractivity (Wildman–Crippen MR) is 90.3 cm³/mol. The Hall–Kier alpha value is -1.37. The zero-order chi connectivity index (χ0) is 17.0. The van der Waals surface area contributed by atoms with Crippen LogP contribution in [0.4, 0.5) is 0 Å². The molecule has 0 amide bonds. The standard InChI is InChI=1S/C16H20ClNO4S/c1-2-8-23(21,22)18-7-3-4-13(11-18)14-9-12(10-16(19)20)5-6-15(14)17/h2,5-6,9,13H,1,3-4,7-8,10-11H2,(H,19,20). The molecule has 5 nitrogen and oxygen atoms in total. The fraction of sp³-hybridized carbons (Fsp3) is 0.438. The number of hydrogen-bond donors (Lipinski definition) is 1. The molecule has 0 bridgehead atoms. The van der Waals surface area contributed by atoms with E-state index in [1.807, 2.05) is 0 Å². The van der Waals surface area contributed by atoms with Gasteiger partial charge in [0.15, 0.2) is 0 Å². The molecule has 126 valence electrons. The molecule has 1 aliphatic heterocycles. The number of hydrogen-bond acceptors (Lipinski definition) is 3. The van der Waals surface area contributed by atoms with Crippen molar-refractivity contribution >= 4 is 27.6 Å². The first-order chi connectivity index (χ1) is 10.8. The first-order valence-corrected chi connectivity index (χ1v) is 9.41. The highest BCUT2D eigenvalue weighted by atomic mass is 35.5. The second-order valence-corrected chi connectivity index (χ2v) is 8.11. The van der Waals surface area contributed by atoms with E-state index in [0.717, 1.165) is 18.4 Å². The lowest BCUT2D eigenvalue weighted by Crippen LogP contribution is -2.40. The molecule has 1 aromatic rings. The van der Waals surface area contributed by atoms with E-state index in [4.69, 9.17) is 16.7 Å². The number of carboxylic acid groups (broad SMARTS) is 1. The van der Waals surface area contributed by atoms with E-state index in [0.29, 0.717) is 23.7 Å². The van der Waals surface area contributed by atoms with E-state index in [1.165, 1.54) is 10.4 Å². The zero-order valence-electron chi connectivity index (χ0n) is 12.7. The summed E-state index contributed by atoms with van der Waals surface area (Å²) in [6, 6.07) is 5.16. The molecular formula is C16H20ClNO4S. The maximum atomic E-state index is 12.2. The highest BCUT2D eigenvalue weighted by Crippen LogP contribution is 2.33. The Morgan fingerprint density at radius 1 is 1.48 bits per heavy atom. The van der Waals surface area contributed by atoms with E-state index in [1.54, 1.807) is 18.2 Å². The summed E-state index contributed by atoms with van der Waals surface area (Å²) in [5.74, 6) is -1.01. The van der Waals surface area contributed by atoms with Gasteiger partial charge in [-0.2, -0.15) is 0 Å². The smallest absolute Gasteiger partial charge is 0.307 e. The lowest BCUT2D eigenvalue weighted by molar-refractivity contribution is -0.136. The average molecular weight is 358 g/mol. The number of sulfonamides is 1. The Morgan fingerprint density at radius 2 is 2.22 bits per heavy atom. The summed E-state index contributed by atoms with van der Waals surface area (Å²) in [6.07, 6.45) is 2.89. The lowest BCUT2D eigenvalue weighted by Gasteiger charge is -2.32. The lowest BCUT2D eigenvalue weighted by atomic mass is 9.90. The van der Waals surface area contributed by atoms with Gasteiger partial charge in [-0.25, -0.2) is 12.7 Å². The van der Waals surface area contributed by atoms with Gasteiger partial charge in [-0.05, 0) is 36.0 Å². The van der Waals surface area contributed by atoms with Gasteiger partial charge in [-0.1, -0.05) is 29.8 Å². The van der Waals surface area contributed by atoms with Crippen molar-refractivity contribution in [3.05, 3.63) is 47.0 Å². The molecule has 0 aliphatic carbocycles. The third-order valence-electron chi connectivity index (χ3n) is 3.96. The highest BCUT2D eigenvalue weighted by molar-refractivity contribution is 7.89. The molecule has 2 rings (SSSR count). The number of benzene rings is 1. The molecule has 1 unspecified atom stereocenters. The second kappa shape index (κ2) is 7.47. The summed E-state index contributed by atoms with van der Waals surface area (Å²) < 4.78 is 25.9. The number of piperidine rings is 1. The van der Waals surface area contributed by atoms with Gasteiger partial charge in [0.2, 0.25) is 10.0 Å². The summed E-state index contributed by atoms with van der Waals surface area (Å²) in [4.78, 5) is 10.9. The van der Waals surface area contributed by atoms with Crippen LogP contribution in [-0.4, -0.2) is 42.6 Å². The van der Waals surface area contributed by atoms with Gasteiger partial charge in [-0.15, -0.1) is 6.58 Å². The van der Waals surface area contributed by atoms with Crippen molar-refractivity contribution in [3.63, 3.8) is 0 Å². The number of halogens is 1. The first kappa shape index (κ1) is 18.0. The van der Waals surface area contributed by atoms with Crippen LogP contribution in [0.3, 0.4) is 0 Å². The molecule has 1 aromatic carbocycles. The van der Waals surface area contributed by atoms with Crippen LogP contribution in [0.1, 0.15) is 29.9 Å². The van der Waals surface area contributed by atoms with Gasteiger partial charge in [0.1, 0.15) is 0 Å². The average Bonchev–Trinajstić information content (AvgIpc) is 2.49. The van der Waals surface area contributed by atoms with E-state index in [9.17, 15) is 13.2 Å². The van der Waals surface area contributed by atoms with Crippen molar-refractivity contribution in [1.82, 2.24) is 4.31 Å². The van der Waals surface area contributed by atoms with Crippen molar-refractivity contribution in [2.24, 2.45) is 0 Å². The molecule has 1 N–H and O–H groups in total. The summed E-state index contributed by atoms with van der Waals surface area (Å²) in [6.45, 7) is 4.36. The molecular weight excluding hydrogens is 338 g/mol. The van der Waals surface area contributed by atoms with Crippen molar-refractivity contribution in [2.45, 2.75) is 25.2 Å². The van der Waals surface area contributed by atoms with E-state index >= 15 is 0 Å². The summed E-state index contributed by atoms with van der Waals surface area (Å²) in [5, 5.41) is 9.46. The normalized spacial score (nSPS) is 19.4. The number of rotatable bonds is 6. The number of aliphatic carboxylic acids is 1. The largest absolute Gasteiger partial charge is 0.481 e. The van der Waals surface area contributed by atoms with Gasteiger partial charge in [-0.3, -0.25) is 4.79 Å². The van der Waals surface area contributed by atoms with Gasteiger partial charge in [0, 0.05) is 18.1 Å². The molecule has 0 spiro atoms. The van der Waals surface area contributed by atoms with Crippen LogP contribution in [0.2, 0.25) is 5.02 Å². The van der Waals surface area contributed by atoms with Crippen LogP contribution in [-0.2, 0) is 21.2 Å². The maximum Gasteiger partial charge on any atom is 0.307 e. The molecule has 1 aliphatic rings. The van der Waals surface area contributed by atoms with Crippen LogP contribution in [0.15, 0.2) is 30.9 Å². The molecule has 0 radical (unpaired) electrons. The highest BCUT2D eigenvalue weighted by Gasteiger charge is 2.29. The van der Waals surface area contributed by atoms with Crippen molar-refractivity contribution in [2.75, 3.05) is 18.8 Å². The van der Waals surface area contributed by atoms with E-state index in [2.05, 4.69) is 6.58 Å². The van der Waals surface area contributed by atoms with Crippen LogP contribution < -0.4 is 0 Å². The van der Waals surface area contributed by atoms with Crippen molar-refractivity contribution in [3.8, 4) is 0 Å². The third-order valence-corrected chi connectivity index (χ3v) is 6.08. The SMILES string of the molecule is C=CCS(=O)(=O)N1CCCC(c2cc(CC(=O)O)ccc2Cl)C1. The fourth-order valence-electron chi connectivity index (χ4n) is 2.89. The van der Waals surface area contributed by atoms with Gasteiger partial charge in [0.05, 0.1) is 12.2 Å². The second-order valence-electron chi connectivity index (χ2n) is 5.69. The molecule has 0 aromatic heterocycles. The quantitative estimate of drug-likeness (QED) is 0.794. The Balaban J connectivity index is 2.24. The molecule has 1 saturated heterocycles. The Kier molecular flexibility index (Phi) is 5.84. The minimum atomic E-state index is -3.34. The van der Waals surface area contributed by atoms with Crippen molar-refractivity contribution < 1.29 is 18.3 Å². The fourth-order valence-corrected chi connectivity index (χ4v) is 4.49. The predicted octanol–water partition coefficient (Wildman–Crippen LogP) is 2.66. The van der Waals surface area contributed by atoms with Gasteiger partial charge < -0.3 is 5.11 Å². The summed E-state index contributed by atoms with van der Waals surface area (Å²) in [7, 11) is -3.34. The minimum absolute atomic E-state index is 0.0235. The summed E-state index contributed by atoms with van der Waals surface area (Å²) in [5.41, 5.74) is 1.49. The molecule has 1 heterocycles. The Labute approximate surface area is 141 Å². The van der Waals surface area contributed by atoms with Gasteiger partial charge >= 0.3 is 5.97 Å². The number of carboxylic acids is 1. The monoisotopic (exact) mass is 357 g/mol.